The quantitative estimate of drug-likeness (QED) is 0.569. The highest BCUT2D eigenvalue weighted by atomic mass is 16.5. The molecule has 1 fully saturated rings. The molecule has 0 atom stereocenters. The Bertz CT molecular complexity index is 377. The molecule has 0 spiro atoms. The molecule has 5 nitrogen and oxygen atoms in total. The third-order valence-corrected chi connectivity index (χ3v) is 4.17. The molecule has 1 heterocycles. The average Bonchev–Trinajstić information content (AvgIpc) is 2.38. The summed E-state index contributed by atoms with van der Waals surface area (Å²) in [6, 6.07) is 0. The van der Waals surface area contributed by atoms with Gasteiger partial charge < -0.3 is 4.74 Å². The Morgan fingerprint density at radius 1 is 1.00 bits per heavy atom. The number of hydrogen-bond acceptors (Lipinski definition) is 5. The van der Waals surface area contributed by atoms with E-state index in [1.165, 1.54) is 0 Å². The lowest BCUT2D eigenvalue weighted by atomic mass is 9.87. The fourth-order valence-electron chi connectivity index (χ4n) is 2.40. The van der Waals surface area contributed by atoms with Crippen LogP contribution in [0.25, 0.3) is 0 Å². The van der Waals surface area contributed by atoms with Gasteiger partial charge in [0.1, 0.15) is 5.41 Å². The molecule has 0 radical (unpaired) electrons. The van der Waals surface area contributed by atoms with E-state index in [-0.39, 0.29) is 11.3 Å². The van der Waals surface area contributed by atoms with Gasteiger partial charge in [-0.05, 0) is 41.5 Å². The largest absolute Gasteiger partial charge is 0.465 e. The Morgan fingerprint density at radius 2 is 1.52 bits per heavy atom. The van der Waals surface area contributed by atoms with Crippen LogP contribution in [0.1, 0.15) is 41.5 Å². The number of rotatable bonds is 5. The first-order valence-corrected chi connectivity index (χ1v) is 7.77. The first-order chi connectivity index (χ1) is 9.59. The molecule has 1 aliphatic heterocycles. The number of carbonyl (C=O) groups excluding carboxylic acids is 2. The topological polar surface area (TPSA) is 49.9 Å². The smallest absolute Gasteiger partial charge is 0.319 e. The molecule has 0 aromatic heterocycles. The summed E-state index contributed by atoms with van der Waals surface area (Å²) < 4.78 is 4.99. The monoisotopic (exact) mass is 298 g/mol. The maximum atomic E-state index is 12.4. The molecular weight excluding hydrogens is 268 g/mol. The van der Waals surface area contributed by atoms with E-state index in [0.717, 1.165) is 26.2 Å². The Hall–Kier alpha value is -0.940. The third kappa shape index (κ3) is 4.78. The van der Waals surface area contributed by atoms with Gasteiger partial charge in [-0.3, -0.25) is 19.4 Å². The van der Waals surface area contributed by atoms with E-state index in [1.54, 1.807) is 20.8 Å². The Balaban J connectivity index is 2.52. The molecule has 1 saturated heterocycles. The third-order valence-electron chi connectivity index (χ3n) is 4.17. The number of piperazine rings is 1. The number of carbonyl (C=O) groups is 2. The summed E-state index contributed by atoms with van der Waals surface area (Å²) in [5, 5.41) is 0. The number of esters is 1. The highest BCUT2D eigenvalue weighted by Crippen LogP contribution is 2.21. The van der Waals surface area contributed by atoms with Crippen LogP contribution in [0.4, 0.5) is 0 Å². The summed E-state index contributed by atoms with van der Waals surface area (Å²) in [5.74, 6) is -0.492. The molecule has 0 aromatic rings. The minimum Gasteiger partial charge on any atom is -0.465 e. The Kier molecular flexibility index (Phi) is 5.93. The summed E-state index contributed by atoms with van der Waals surface area (Å²) in [4.78, 5) is 28.8. The number of hydrogen-bond donors (Lipinski definition) is 0. The summed E-state index contributed by atoms with van der Waals surface area (Å²) in [7, 11) is 0. The van der Waals surface area contributed by atoms with Crippen LogP contribution in [-0.2, 0) is 14.3 Å². The standard InChI is InChI=1S/C16H30N2O3/c1-7-21-14(20)16(5,6)13(19)12-17-8-10-18(11-9-17)15(2,3)4/h7-12H2,1-6H3. The molecule has 0 aromatic carbocycles. The molecule has 5 heteroatoms. The predicted molar refractivity (Wildman–Crippen MR) is 83.2 cm³/mol. The lowest BCUT2D eigenvalue weighted by molar-refractivity contribution is -0.158. The fourth-order valence-corrected chi connectivity index (χ4v) is 2.40. The normalized spacial score (nSPS) is 18.6. The fraction of sp³-hybridized carbons (Fsp3) is 0.875. The summed E-state index contributed by atoms with van der Waals surface area (Å²) in [6.07, 6.45) is 0. The lowest BCUT2D eigenvalue weighted by Crippen LogP contribution is -2.55. The molecule has 1 aliphatic rings. The molecule has 122 valence electrons. The van der Waals surface area contributed by atoms with Gasteiger partial charge in [0.25, 0.3) is 0 Å². The lowest BCUT2D eigenvalue weighted by Gasteiger charge is -2.42. The van der Waals surface area contributed by atoms with E-state index in [9.17, 15) is 9.59 Å². The minimum absolute atomic E-state index is 0.0647. The van der Waals surface area contributed by atoms with E-state index in [2.05, 4.69) is 30.6 Å². The van der Waals surface area contributed by atoms with E-state index >= 15 is 0 Å². The maximum Gasteiger partial charge on any atom is 0.319 e. The zero-order valence-electron chi connectivity index (χ0n) is 14.4. The van der Waals surface area contributed by atoms with Crippen LogP contribution in [0.5, 0.6) is 0 Å². The summed E-state index contributed by atoms with van der Waals surface area (Å²) >= 11 is 0. The van der Waals surface area contributed by atoms with Crippen molar-refractivity contribution in [3.05, 3.63) is 0 Å². The van der Waals surface area contributed by atoms with Crippen LogP contribution in [-0.4, -0.2) is 66.4 Å². The van der Waals surface area contributed by atoms with Gasteiger partial charge in [0.2, 0.25) is 0 Å². The van der Waals surface area contributed by atoms with Gasteiger partial charge in [-0.25, -0.2) is 0 Å². The van der Waals surface area contributed by atoms with Gasteiger partial charge in [0.05, 0.1) is 13.2 Å². The van der Waals surface area contributed by atoms with Gasteiger partial charge in [-0.1, -0.05) is 0 Å². The molecule has 0 bridgehead atoms. The van der Waals surface area contributed by atoms with Crippen LogP contribution in [0.2, 0.25) is 0 Å². The second kappa shape index (κ2) is 6.88. The van der Waals surface area contributed by atoms with Crippen LogP contribution < -0.4 is 0 Å². The maximum absolute atomic E-state index is 12.4. The molecule has 0 amide bonds. The van der Waals surface area contributed by atoms with Crippen molar-refractivity contribution in [1.29, 1.82) is 0 Å². The van der Waals surface area contributed by atoms with Crippen molar-refractivity contribution in [2.75, 3.05) is 39.3 Å². The van der Waals surface area contributed by atoms with Crippen molar-refractivity contribution < 1.29 is 14.3 Å². The van der Waals surface area contributed by atoms with Crippen LogP contribution >= 0.6 is 0 Å². The number of Topliss-reactive ketones (excluding diaryl/α,β-unsaturated/α-hetero) is 1. The van der Waals surface area contributed by atoms with Crippen molar-refractivity contribution in [3.63, 3.8) is 0 Å². The van der Waals surface area contributed by atoms with Crippen molar-refractivity contribution in [2.45, 2.75) is 47.1 Å². The Labute approximate surface area is 128 Å². The van der Waals surface area contributed by atoms with Gasteiger partial charge in [-0.2, -0.15) is 0 Å². The van der Waals surface area contributed by atoms with Crippen molar-refractivity contribution >= 4 is 11.8 Å². The van der Waals surface area contributed by atoms with Gasteiger partial charge in [0, 0.05) is 31.7 Å². The number of nitrogens with zero attached hydrogens (tertiary/aromatic N) is 2. The highest BCUT2D eigenvalue weighted by Gasteiger charge is 2.38. The molecule has 0 saturated carbocycles. The zero-order valence-corrected chi connectivity index (χ0v) is 14.4. The van der Waals surface area contributed by atoms with Crippen LogP contribution in [0, 0.1) is 5.41 Å². The summed E-state index contributed by atoms with van der Waals surface area (Å²) in [5.41, 5.74) is -0.891. The zero-order chi connectivity index (χ0) is 16.3. The van der Waals surface area contributed by atoms with Crippen molar-refractivity contribution in [2.24, 2.45) is 5.41 Å². The highest BCUT2D eigenvalue weighted by molar-refractivity contribution is 6.03. The number of ether oxygens (including phenoxy) is 1. The van der Waals surface area contributed by atoms with E-state index < -0.39 is 11.4 Å². The molecule has 0 unspecified atom stereocenters. The van der Waals surface area contributed by atoms with Gasteiger partial charge in [0.15, 0.2) is 5.78 Å². The second-order valence-electron chi connectivity index (χ2n) is 7.20. The first kappa shape index (κ1) is 18.1. The van der Waals surface area contributed by atoms with Crippen molar-refractivity contribution in [1.82, 2.24) is 9.80 Å². The molecule has 21 heavy (non-hydrogen) atoms. The van der Waals surface area contributed by atoms with Crippen LogP contribution in [0.3, 0.4) is 0 Å². The molecule has 0 N–H and O–H groups in total. The van der Waals surface area contributed by atoms with E-state index in [0.29, 0.717) is 13.2 Å². The van der Waals surface area contributed by atoms with Gasteiger partial charge in [-0.15, -0.1) is 0 Å². The second-order valence-corrected chi connectivity index (χ2v) is 7.20. The SMILES string of the molecule is CCOC(=O)C(C)(C)C(=O)CN1CCN(C(C)(C)C)CC1. The van der Waals surface area contributed by atoms with Gasteiger partial charge >= 0.3 is 5.97 Å². The van der Waals surface area contributed by atoms with Crippen molar-refractivity contribution in [3.8, 4) is 0 Å². The molecular formula is C16H30N2O3. The van der Waals surface area contributed by atoms with E-state index in [1.807, 2.05) is 0 Å². The Morgan fingerprint density at radius 3 is 1.95 bits per heavy atom. The first-order valence-electron chi connectivity index (χ1n) is 7.77. The van der Waals surface area contributed by atoms with E-state index in [4.69, 9.17) is 4.74 Å². The minimum atomic E-state index is -1.06. The van der Waals surface area contributed by atoms with Crippen LogP contribution in [0.15, 0.2) is 0 Å². The summed E-state index contributed by atoms with van der Waals surface area (Å²) in [6.45, 7) is 15.9. The molecule has 0 aliphatic carbocycles. The molecule has 1 rings (SSSR count). The predicted octanol–water partition coefficient (Wildman–Crippen LogP) is 1.56. The average molecular weight is 298 g/mol. The number of ketones is 1.